The molecule has 2 N–H and O–H groups in total. The summed E-state index contributed by atoms with van der Waals surface area (Å²) in [7, 11) is 1.63. The summed E-state index contributed by atoms with van der Waals surface area (Å²) in [6, 6.07) is 9.63. The largest absolute Gasteiger partial charge is 0.384 e. The van der Waals surface area contributed by atoms with Crippen LogP contribution in [0, 0.1) is 5.41 Å². The van der Waals surface area contributed by atoms with Crippen LogP contribution in [0.25, 0.3) is 0 Å². The maximum Gasteiger partial charge on any atom is 0.231 e. The topological polar surface area (TPSA) is 89.3 Å². The zero-order valence-electron chi connectivity index (χ0n) is 15.7. The number of nitrogens with one attached hydrogen (secondary N) is 2. The summed E-state index contributed by atoms with van der Waals surface area (Å²) in [4.78, 5) is 17.3. The lowest BCUT2D eigenvalue weighted by Crippen LogP contribution is -2.50. The summed E-state index contributed by atoms with van der Waals surface area (Å²) >= 11 is 0. The first-order valence-electron chi connectivity index (χ1n) is 9.00. The smallest absolute Gasteiger partial charge is 0.231 e. The van der Waals surface area contributed by atoms with Gasteiger partial charge in [-0.05, 0) is 38.4 Å². The molecule has 1 fully saturated rings. The van der Waals surface area contributed by atoms with Crippen molar-refractivity contribution in [2.75, 3.05) is 26.8 Å². The number of carbonyl (C=O) groups excluding carboxylic acids is 1. The SMILES string of the molecule is COCC1(C(=O)NC(C)c2noc(Cc3ccccc3)n2)CCNCC1.Cl. The Morgan fingerprint density at radius 1 is 1.33 bits per heavy atom. The van der Waals surface area contributed by atoms with E-state index in [0.717, 1.165) is 31.5 Å². The molecule has 0 aliphatic carbocycles. The van der Waals surface area contributed by atoms with Gasteiger partial charge < -0.3 is 19.9 Å². The van der Waals surface area contributed by atoms with Gasteiger partial charge in [-0.1, -0.05) is 35.5 Å². The van der Waals surface area contributed by atoms with Gasteiger partial charge in [0.25, 0.3) is 0 Å². The van der Waals surface area contributed by atoms with Crippen molar-refractivity contribution in [3.8, 4) is 0 Å². The molecule has 0 saturated carbocycles. The first kappa shape index (κ1) is 21.3. The van der Waals surface area contributed by atoms with E-state index in [9.17, 15) is 4.79 Å². The van der Waals surface area contributed by atoms with Crippen LogP contribution in [-0.4, -0.2) is 42.9 Å². The molecule has 2 aromatic rings. The van der Waals surface area contributed by atoms with Gasteiger partial charge in [0.15, 0.2) is 5.82 Å². The molecule has 1 saturated heterocycles. The first-order valence-corrected chi connectivity index (χ1v) is 9.00. The molecule has 0 spiro atoms. The average molecular weight is 395 g/mol. The fraction of sp³-hybridized carbons (Fsp3) is 0.526. The highest BCUT2D eigenvalue weighted by Crippen LogP contribution is 2.30. The van der Waals surface area contributed by atoms with E-state index in [4.69, 9.17) is 9.26 Å². The number of carbonyl (C=O) groups is 1. The van der Waals surface area contributed by atoms with Crippen LogP contribution in [0.5, 0.6) is 0 Å². The van der Waals surface area contributed by atoms with Crippen molar-refractivity contribution < 1.29 is 14.1 Å². The van der Waals surface area contributed by atoms with Crippen molar-refractivity contribution in [2.45, 2.75) is 32.2 Å². The van der Waals surface area contributed by atoms with E-state index in [2.05, 4.69) is 20.8 Å². The van der Waals surface area contributed by atoms with Crippen LogP contribution in [-0.2, 0) is 16.0 Å². The molecule has 1 aliphatic heterocycles. The van der Waals surface area contributed by atoms with Crippen LogP contribution < -0.4 is 10.6 Å². The minimum Gasteiger partial charge on any atom is -0.384 e. The lowest BCUT2D eigenvalue weighted by Gasteiger charge is -2.36. The molecule has 0 bridgehead atoms. The number of methoxy groups -OCH3 is 1. The quantitative estimate of drug-likeness (QED) is 0.748. The van der Waals surface area contributed by atoms with E-state index in [0.29, 0.717) is 24.7 Å². The number of amides is 1. The molecule has 8 heteroatoms. The summed E-state index contributed by atoms with van der Waals surface area (Å²) in [6.45, 7) is 3.92. The van der Waals surface area contributed by atoms with Crippen molar-refractivity contribution in [3.63, 3.8) is 0 Å². The van der Waals surface area contributed by atoms with Crippen LogP contribution >= 0.6 is 12.4 Å². The predicted octanol–water partition coefficient (Wildman–Crippen LogP) is 2.28. The van der Waals surface area contributed by atoms with Crippen molar-refractivity contribution in [3.05, 3.63) is 47.6 Å². The monoisotopic (exact) mass is 394 g/mol. The Bertz CT molecular complexity index is 711. The molecule has 1 aromatic carbocycles. The summed E-state index contributed by atoms with van der Waals surface area (Å²) < 4.78 is 10.7. The standard InChI is InChI=1S/C19H26N4O3.ClH/c1-14(21-18(24)19(13-25-2)8-10-20-11-9-19)17-22-16(26-23-17)12-15-6-4-3-5-7-15;/h3-7,14,20H,8-13H2,1-2H3,(H,21,24);1H. The third kappa shape index (κ3) is 5.28. The van der Waals surface area contributed by atoms with E-state index < -0.39 is 5.41 Å². The van der Waals surface area contributed by atoms with Crippen LogP contribution in [0.4, 0.5) is 0 Å². The third-order valence-corrected chi connectivity index (χ3v) is 4.88. The molecule has 1 unspecified atom stereocenters. The summed E-state index contributed by atoms with van der Waals surface area (Å²) in [5.74, 6) is 1.02. The summed E-state index contributed by atoms with van der Waals surface area (Å²) in [5.41, 5.74) is 0.610. The third-order valence-electron chi connectivity index (χ3n) is 4.88. The van der Waals surface area contributed by atoms with Crippen molar-refractivity contribution >= 4 is 18.3 Å². The molecule has 148 valence electrons. The summed E-state index contributed by atoms with van der Waals surface area (Å²) in [6.07, 6.45) is 2.09. The molecular weight excluding hydrogens is 368 g/mol. The van der Waals surface area contributed by atoms with E-state index in [1.54, 1.807) is 7.11 Å². The van der Waals surface area contributed by atoms with Crippen molar-refractivity contribution in [2.24, 2.45) is 5.41 Å². The normalized spacial score (nSPS) is 17.0. The molecule has 1 amide bonds. The Kier molecular flexibility index (Phi) is 7.77. The van der Waals surface area contributed by atoms with E-state index in [-0.39, 0.29) is 24.4 Å². The van der Waals surface area contributed by atoms with Gasteiger partial charge in [-0.15, -0.1) is 12.4 Å². The molecule has 2 heterocycles. The van der Waals surface area contributed by atoms with Gasteiger partial charge >= 0.3 is 0 Å². The average Bonchev–Trinajstić information content (AvgIpc) is 3.12. The molecule has 7 nitrogen and oxygen atoms in total. The molecule has 0 radical (unpaired) electrons. The zero-order chi connectivity index (χ0) is 18.4. The van der Waals surface area contributed by atoms with Gasteiger partial charge in [-0.3, -0.25) is 4.79 Å². The minimum atomic E-state index is -0.495. The Morgan fingerprint density at radius 3 is 2.70 bits per heavy atom. The van der Waals surface area contributed by atoms with Crippen LogP contribution in [0.1, 0.15) is 43.1 Å². The lowest BCUT2D eigenvalue weighted by atomic mass is 9.78. The van der Waals surface area contributed by atoms with Crippen molar-refractivity contribution in [1.82, 2.24) is 20.8 Å². The predicted molar refractivity (Wildman–Crippen MR) is 104 cm³/mol. The number of hydrogen-bond donors (Lipinski definition) is 2. The Morgan fingerprint density at radius 2 is 2.04 bits per heavy atom. The zero-order valence-corrected chi connectivity index (χ0v) is 16.6. The second-order valence-electron chi connectivity index (χ2n) is 6.87. The van der Waals surface area contributed by atoms with Crippen LogP contribution in [0.3, 0.4) is 0 Å². The lowest BCUT2D eigenvalue weighted by molar-refractivity contribution is -0.137. The number of hydrogen-bond acceptors (Lipinski definition) is 6. The molecule has 1 aromatic heterocycles. The van der Waals surface area contributed by atoms with Gasteiger partial charge in [-0.2, -0.15) is 4.98 Å². The molecule has 3 rings (SSSR count). The number of ether oxygens (including phenoxy) is 1. The molecular formula is C19H27ClN4O3. The maximum absolute atomic E-state index is 12.9. The van der Waals surface area contributed by atoms with Gasteiger partial charge in [0.1, 0.15) is 0 Å². The summed E-state index contributed by atoms with van der Waals surface area (Å²) in [5, 5.41) is 10.4. The first-order chi connectivity index (χ1) is 12.6. The maximum atomic E-state index is 12.9. The Balaban J connectivity index is 0.00000261. The van der Waals surface area contributed by atoms with Gasteiger partial charge in [-0.25, -0.2) is 0 Å². The highest BCUT2D eigenvalue weighted by molar-refractivity contribution is 5.85. The Hall–Kier alpha value is -1.96. The van der Waals surface area contributed by atoms with Gasteiger partial charge in [0.05, 0.1) is 24.5 Å². The number of rotatable bonds is 7. The molecule has 27 heavy (non-hydrogen) atoms. The van der Waals surface area contributed by atoms with Gasteiger partial charge in [0.2, 0.25) is 11.8 Å². The van der Waals surface area contributed by atoms with E-state index in [1.807, 2.05) is 37.3 Å². The number of benzene rings is 1. The van der Waals surface area contributed by atoms with Crippen molar-refractivity contribution in [1.29, 1.82) is 0 Å². The number of nitrogens with zero attached hydrogens (tertiary/aromatic N) is 2. The highest BCUT2D eigenvalue weighted by Gasteiger charge is 2.40. The van der Waals surface area contributed by atoms with Crippen LogP contribution in [0.2, 0.25) is 0 Å². The van der Waals surface area contributed by atoms with E-state index >= 15 is 0 Å². The highest BCUT2D eigenvalue weighted by atomic mass is 35.5. The second-order valence-corrected chi connectivity index (χ2v) is 6.87. The van der Waals surface area contributed by atoms with Gasteiger partial charge in [0, 0.05) is 7.11 Å². The minimum absolute atomic E-state index is 0. The molecule has 1 atom stereocenters. The van der Waals surface area contributed by atoms with Crippen LogP contribution in [0.15, 0.2) is 34.9 Å². The number of halogens is 1. The molecule has 1 aliphatic rings. The fourth-order valence-corrected chi connectivity index (χ4v) is 3.32. The second kappa shape index (κ2) is 9.82. The Labute approximate surface area is 165 Å². The number of piperidine rings is 1. The fourth-order valence-electron chi connectivity index (χ4n) is 3.32. The van der Waals surface area contributed by atoms with E-state index in [1.165, 1.54) is 0 Å². The number of aromatic nitrogens is 2.